The van der Waals surface area contributed by atoms with E-state index in [2.05, 4.69) is 10.4 Å². The lowest BCUT2D eigenvalue weighted by atomic mass is 9.46. The number of halogens is 1. The molecule has 2 unspecified atom stereocenters. The highest BCUT2D eigenvalue weighted by molar-refractivity contribution is 6.33. The zero-order valence-electron chi connectivity index (χ0n) is 17.0. The first kappa shape index (κ1) is 19.6. The number of hydrogen-bond donors (Lipinski definition) is 2. The van der Waals surface area contributed by atoms with E-state index < -0.39 is 11.5 Å². The number of benzene rings is 1. The lowest BCUT2D eigenvalue weighted by Crippen LogP contribution is -2.59. The fraction of sp³-hybridized carbons (Fsp3) is 0.522. The minimum Gasteiger partial charge on any atom is -0.481 e. The van der Waals surface area contributed by atoms with E-state index in [1.54, 1.807) is 10.9 Å². The molecule has 1 aromatic heterocycles. The molecule has 1 heterocycles. The summed E-state index contributed by atoms with van der Waals surface area (Å²) in [6.07, 6.45) is 7.33. The summed E-state index contributed by atoms with van der Waals surface area (Å²) >= 11 is 6.53. The number of carboxylic acids is 1. The van der Waals surface area contributed by atoms with E-state index in [0.29, 0.717) is 23.9 Å². The van der Waals surface area contributed by atoms with Gasteiger partial charge in [-0.1, -0.05) is 29.8 Å². The molecule has 0 radical (unpaired) electrons. The average Bonchev–Trinajstić information content (AvgIpc) is 2.65. The van der Waals surface area contributed by atoms with Crippen LogP contribution in [0.5, 0.6) is 0 Å². The summed E-state index contributed by atoms with van der Waals surface area (Å²) in [5.74, 6) is 0.175. The van der Waals surface area contributed by atoms with Crippen LogP contribution < -0.4 is 10.9 Å². The first-order chi connectivity index (χ1) is 14.3. The van der Waals surface area contributed by atoms with E-state index in [9.17, 15) is 14.7 Å². The number of rotatable bonds is 5. The SMILES string of the molecule is Cc1ccccc1Nc1cnn(C23C[C@@H]4C[C@@H](CC(CC(=O)O)(C4)C2)C3)c(=O)c1Cl. The van der Waals surface area contributed by atoms with Crippen molar-refractivity contribution in [1.29, 1.82) is 0 Å². The standard InChI is InChI=1S/C23H26ClN3O3/c1-14-4-2-3-5-17(14)26-18-12-25-27(21(30)20(18)24)23-9-15-6-16(10-23)8-22(7-15,13-23)11-19(28)29/h2-5,12,15-16,26H,6-11,13H2,1H3,(H,28,29)/t15-,16+,22?,23?. The number of carbonyl (C=O) groups is 1. The molecule has 0 aliphatic heterocycles. The molecular formula is C23H26ClN3O3. The molecule has 1 aromatic carbocycles. The van der Waals surface area contributed by atoms with Gasteiger partial charge in [0.15, 0.2) is 0 Å². The number of nitrogens with zero attached hydrogens (tertiary/aromatic N) is 2. The fourth-order valence-electron chi connectivity index (χ4n) is 6.89. The number of aromatic nitrogens is 2. The van der Waals surface area contributed by atoms with Crippen LogP contribution in [0, 0.1) is 24.2 Å². The van der Waals surface area contributed by atoms with Crippen molar-refractivity contribution in [3.05, 3.63) is 51.4 Å². The summed E-state index contributed by atoms with van der Waals surface area (Å²) in [5, 5.41) is 17.5. The molecule has 2 N–H and O–H groups in total. The van der Waals surface area contributed by atoms with Crippen LogP contribution in [0.15, 0.2) is 35.3 Å². The van der Waals surface area contributed by atoms with Gasteiger partial charge in [0.25, 0.3) is 5.56 Å². The number of para-hydroxylation sites is 1. The molecule has 4 fully saturated rings. The highest BCUT2D eigenvalue weighted by Crippen LogP contribution is 2.65. The molecule has 158 valence electrons. The first-order valence-corrected chi connectivity index (χ1v) is 11.0. The van der Waals surface area contributed by atoms with E-state index in [-0.39, 0.29) is 22.4 Å². The van der Waals surface area contributed by atoms with Crippen molar-refractivity contribution in [2.24, 2.45) is 17.3 Å². The predicted molar refractivity (Wildman–Crippen MR) is 115 cm³/mol. The van der Waals surface area contributed by atoms with Gasteiger partial charge in [-0.2, -0.15) is 5.10 Å². The second-order valence-electron chi connectivity index (χ2n) is 9.78. The Bertz CT molecular complexity index is 1070. The van der Waals surface area contributed by atoms with Crippen molar-refractivity contribution in [3.63, 3.8) is 0 Å². The number of hydrogen-bond acceptors (Lipinski definition) is 4. The maximum absolute atomic E-state index is 13.3. The maximum atomic E-state index is 13.3. The summed E-state index contributed by atoms with van der Waals surface area (Å²) in [6.45, 7) is 1.99. The quantitative estimate of drug-likeness (QED) is 0.721. The second-order valence-corrected chi connectivity index (χ2v) is 10.2. The molecule has 4 aliphatic rings. The molecule has 0 spiro atoms. The van der Waals surface area contributed by atoms with Gasteiger partial charge in [-0.15, -0.1) is 0 Å². The number of aryl methyl sites for hydroxylation is 1. The van der Waals surface area contributed by atoms with Crippen molar-refractivity contribution in [1.82, 2.24) is 9.78 Å². The Labute approximate surface area is 180 Å². The van der Waals surface area contributed by atoms with E-state index in [4.69, 9.17) is 11.6 Å². The number of anilines is 2. The van der Waals surface area contributed by atoms with Crippen molar-refractivity contribution >= 4 is 28.9 Å². The lowest BCUT2D eigenvalue weighted by Gasteiger charge is -2.61. The monoisotopic (exact) mass is 427 g/mol. The minimum atomic E-state index is -0.747. The Morgan fingerprint density at radius 3 is 2.60 bits per heavy atom. The van der Waals surface area contributed by atoms with E-state index in [1.165, 1.54) is 0 Å². The molecule has 4 atom stereocenters. The van der Waals surface area contributed by atoms with Crippen LogP contribution in [0.4, 0.5) is 11.4 Å². The Kier molecular flexibility index (Phi) is 4.47. The third kappa shape index (κ3) is 3.13. The Balaban J connectivity index is 1.52. The van der Waals surface area contributed by atoms with Crippen molar-refractivity contribution < 1.29 is 9.90 Å². The van der Waals surface area contributed by atoms with Crippen molar-refractivity contribution in [2.45, 2.75) is 57.4 Å². The topological polar surface area (TPSA) is 84.2 Å². The van der Waals surface area contributed by atoms with Crippen LogP contribution in [0.3, 0.4) is 0 Å². The van der Waals surface area contributed by atoms with E-state index in [0.717, 1.165) is 43.4 Å². The summed E-state index contributed by atoms with van der Waals surface area (Å²) < 4.78 is 1.59. The third-order valence-corrected chi connectivity index (χ3v) is 7.83. The highest BCUT2D eigenvalue weighted by atomic mass is 35.5. The van der Waals surface area contributed by atoms with Crippen LogP contribution in [-0.2, 0) is 10.3 Å². The Hall–Kier alpha value is -2.34. The molecule has 7 heteroatoms. The summed E-state index contributed by atoms with van der Waals surface area (Å²) in [4.78, 5) is 24.9. The van der Waals surface area contributed by atoms with E-state index in [1.807, 2.05) is 31.2 Å². The lowest BCUT2D eigenvalue weighted by molar-refractivity contribution is -0.151. The number of carboxylic acid groups (broad SMARTS) is 1. The molecule has 4 aliphatic carbocycles. The summed E-state index contributed by atoms with van der Waals surface area (Å²) in [5.41, 5.74) is 1.51. The van der Waals surface area contributed by atoms with Gasteiger partial charge in [0.05, 0.1) is 23.8 Å². The van der Waals surface area contributed by atoms with Crippen molar-refractivity contribution in [3.8, 4) is 0 Å². The Morgan fingerprint density at radius 1 is 1.23 bits per heavy atom. The first-order valence-electron chi connectivity index (χ1n) is 10.6. The van der Waals surface area contributed by atoms with Crippen LogP contribution in [0.25, 0.3) is 0 Å². The number of aliphatic carboxylic acids is 1. The molecule has 6 rings (SSSR count). The largest absolute Gasteiger partial charge is 0.481 e. The van der Waals surface area contributed by atoms with Gasteiger partial charge < -0.3 is 10.4 Å². The van der Waals surface area contributed by atoms with Gasteiger partial charge in [0, 0.05) is 5.69 Å². The number of nitrogens with one attached hydrogen (secondary N) is 1. The summed E-state index contributed by atoms with van der Waals surface area (Å²) in [6, 6.07) is 7.81. The smallest absolute Gasteiger partial charge is 0.303 e. The molecular weight excluding hydrogens is 402 g/mol. The maximum Gasteiger partial charge on any atom is 0.303 e. The van der Waals surface area contributed by atoms with Gasteiger partial charge in [0.1, 0.15) is 5.02 Å². The zero-order valence-corrected chi connectivity index (χ0v) is 17.8. The average molecular weight is 428 g/mol. The van der Waals surface area contributed by atoms with E-state index >= 15 is 0 Å². The zero-order chi connectivity index (χ0) is 21.1. The molecule has 0 saturated heterocycles. The van der Waals surface area contributed by atoms with Gasteiger partial charge in [-0.25, -0.2) is 4.68 Å². The van der Waals surface area contributed by atoms with Gasteiger partial charge in [-0.3, -0.25) is 9.59 Å². The van der Waals surface area contributed by atoms with Gasteiger partial charge >= 0.3 is 5.97 Å². The van der Waals surface area contributed by atoms with Crippen LogP contribution >= 0.6 is 11.6 Å². The van der Waals surface area contributed by atoms with Crippen molar-refractivity contribution in [2.75, 3.05) is 5.32 Å². The third-order valence-electron chi connectivity index (χ3n) is 7.46. The molecule has 4 saturated carbocycles. The van der Waals surface area contributed by atoms with Gasteiger partial charge in [0.2, 0.25) is 0 Å². The highest BCUT2D eigenvalue weighted by Gasteiger charge is 2.59. The molecule has 30 heavy (non-hydrogen) atoms. The molecule has 4 bridgehead atoms. The normalized spacial score (nSPS) is 31.7. The summed E-state index contributed by atoms with van der Waals surface area (Å²) in [7, 11) is 0. The van der Waals surface area contributed by atoms with Gasteiger partial charge in [-0.05, 0) is 74.3 Å². The van der Waals surface area contributed by atoms with Crippen LogP contribution in [0.1, 0.15) is 50.5 Å². The minimum absolute atomic E-state index is 0.135. The predicted octanol–water partition coefficient (Wildman–Crippen LogP) is 4.72. The van der Waals surface area contributed by atoms with Crippen LogP contribution in [-0.4, -0.2) is 20.9 Å². The molecule has 0 amide bonds. The second kappa shape index (κ2) is 6.84. The Morgan fingerprint density at radius 2 is 1.93 bits per heavy atom. The molecule has 2 aromatic rings. The molecule has 6 nitrogen and oxygen atoms in total. The van der Waals surface area contributed by atoms with Crippen LogP contribution in [0.2, 0.25) is 5.02 Å². The fourth-order valence-corrected chi connectivity index (χ4v) is 7.07.